The van der Waals surface area contributed by atoms with Gasteiger partial charge in [-0.25, -0.2) is 0 Å². The van der Waals surface area contributed by atoms with Crippen LogP contribution in [0.3, 0.4) is 0 Å². The molecule has 0 bridgehead atoms. The number of Topliss-reactive ketones (excluding diaryl/α,β-unsaturated/α-hetero) is 2. The maximum atomic E-state index is 12.6. The van der Waals surface area contributed by atoms with Gasteiger partial charge in [0.05, 0.1) is 12.7 Å². The van der Waals surface area contributed by atoms with Crippen molar-refractivity contribution >= 4 is 23.5 Å². The van der Waals surface area contributed by atoms with Crippen molar-refractivity contribution in [1.82, 2.24) is 5.32 Å². The molecule has 0 aromatic heterocycles. The van der Waals surface area contributed by atoms with Crippen LogP contribution in [0.25, 0.3) is 6.08 Å². The molecule has 3 aromatic carbocycles. The van der Waals surface area contributed by atoms with E-state index in [0.29, 0.717) is 34.7 Å². The number of carbonyl (C=O) groups is 3. The fourth-order valence-corrected chi connectivity index (χ4v) is 3.45. The molecule has 3 aromatic rings. The molecular formula is C26H21NO5. The summed E-state index contributed by atoms with van der Waals surface area (Å²) in [6, 6.07) is 21.4. The Morgan fingerprint density at radius 3 is 2.19 bits per heavy atom. The lowest BCUT2D eigenvalue weighted by atomic mass is 10.1. The average Bonchev–Trinajstić information content (AvgIpc) is 3.07. The first-order chi connectivity index (χ1) is 15.6. The second-order valence-electron chi connectivity index (χ2n) is 7.22. The van der Waals surface area contributed by atoms with Crippen LogP contribution in [-0.4, -0.2) is 31.2 Å². The van der Waals surface area contributed by atoms with Crippen molar-refractivity contribution in [1.29, 1.82) is 0 Å². The summed E-state index contributed by atoms with van der Waals surface area (Å²) in [7, 11) is 1.48. The molecule has 0 fully saturated rings. The molecule has 0 heterocycles. The average molecular weight is 427 g/mol. The summed E-state index contributed by atoms with van der Waals surface area (Å²) >= 11 is 0. The van der Waals surface area contributed by atoms with E-state index in [4.69, 9.17) is 9.47 Å². The van der Waals surface area contributed by atoms with E-state index in [1.54, 1.807) is 48.5 Å². The number of nitrogens with one attached hydrogen (secondary N) is 1. The predicted octanol–water partition coefficient (Wildman–Crippen LogP) is 3.85. The SMILES string of the molecule is COc1cc(C=C2C(=O)c3ccccc3C2=O)ccc1OCC(=O)NCc1ccccc1. The first-order valence-electron chi connectivity index (χ1n) is 10.1. The molecule has 0 atom stereocenters. The third-order valence-electron chi connectivity index (χ3n) is 5.10. The topological polar surface area (TPSA) is 81.7 Å². The van der Waals surface area contributed by atoms with Crippen LogP contribution in [0, 0.1) is 0 Å². The van der Waals surface area contributed by atoms with E-state index >= 15 is 0 Å². The van der Waals surface area contributed by atoms with Crippen LogP contribution in [-0.2, 0) is 11.3 Å². The van der Waals surface area contributed by atoms with Crippen molar-refractivity contribution in [3.05, 3.63) is 101 Å². The minimum absolute atomic E-state index is 0.113. The van der Waals surface area contributed by atoms with Gasteiger partial charge in [-0.15, -0.1) is 0 Å². The first-order valence-corrected chi connectivity index (χ1v) is 10.1. The number of hydrogen-bond acceptors (Lipinski definition) is 5. The standard InChI is InChI=1S/C26H21NO5/c1-31-23-14-18(13-21-25(29)19-9-5-6-10-20(19)26(21)30)11-12-22(23)32-16-24(28)27-15-17-7-3-2-4-8-17/h2-14H,15-16H2,1H3,(H,27,28). The zero-order valence-corrected chi connectivity index (χ0v) is 17.5. The number of methoxy groups -OCH3 is 1. The summed E-state index contributed by atoms with van der Waals surface area (Å²) < 4.78 is 11.0. The number of carbonyl (C=O) groups excluding carboxylic acids is 3. The van der Waals surface area contributed by atoms with Crippen LogP contribution in [0.2, 0.25) is 0 Å². The fraction of sp³-hybridized carbons (Fsp3) is 0.115. The zero-order chi connectivity index (χ0) is 22.5. The van der Waals surface area contributed by atoms with Gasteiger partial charge in [-0.05, 0) is 29.3 Å². The smallest absolute Gasteiger partial charge is 0.258 e. The highest BCUT2D eigenvalue weighted by atomic mass is 16.5. The third kappa shape index (κ3) is 4.44. The number of ether oxygens (including phenoxy) is 2. The molecule has 1 aliphatic rings. The summed E-state index contributed by atoms with van der Waals surface area (Å²) in [5.74, 6) is -0.0653. The van der Waals surface area contributed by atoms with Gasteiger partial charge in [-0.2, -0.15) is 0 Å². The maximum absolute atomic E-state index is 12.6. The Morgan fingerprint density at radius 1 is 0.875 bits per heavy atom. The molecule has 1 aliphatic carbocycles. The van der Waals surface area contributed by atoms with Crippen molar-refractivity contribution in [2.75, 3.05) is 13.7 Å². The largest absolute Gasteiger partial charge is 0.493 e. The molecule has 0 spiro atoms. The molecule has 0 unspecified atom stereocenters. The molecular weight excluding hydrogens is 406 g/mol. The van der Waals surface area contributed by atoms with Crippen LogP contribution < -0.4 is 14.8 Å². The fourth-order valence-electron chi connectivity index (χ4n) is 3.45. The Balaban J connectivity index is 1.43. The van der Waals surface area contributed by atoms with Gasteiger partial charge < -0.3 is 14.8 Å². The lowest BCUT2D eigenvalue weighted by Crippen LogP contribution is -2.28. The van der Waals surface area contributed by atoms with Gasteiger partial charge in [0.25, 0.3) is 5.91 Å². The number of fused-ring (bicyclic) bond motifs is 1. The Bertz CT molecular complexity index is 1180. The monoisotopic (exact) mass is 427 g/mol. The van der Waals surface area contributed by atoms with Crippen molar-refractivity contribution in [2.45, 2.75) is 6.54 Å². The molecule has 0 saturated heterocycles. The normalized spacial score (nSPS) is 12.3. The van der Waals surface area contributed by atoms with Gasteiger partial charge in [0.1, 0.15) is 0 Å². The molecule has 0 saturated carbocycles. The van der Waals surface area contributed by atoms with Gasteiger partial charge >= 0.3 is 0 Å². The summed E-state index contributed by atoms with van der Waals surface area (Å²) in [5, 5.41) is 2.80. The summed E-state index contributed by atoms with van der Waals surface area (Å²) in [6.07, 6.45) is 1.55. The highest BCUT2D eigenvalue weighted by molar-refractivity contribution is 6.41. The summed E-state index contributed by atoms with van der Waals surface area (Å²) in [5.41, 5.74) is 2.55. The van der Waals surface area contributed by atoms with E-state index in [1.165, 1.54) is 7.11 Å². The minimum Gasteiger partial charge on any atom is -0.493 e. The maximum Gasteiger partial charge on any atom is 0.258 e. The predicted molar refractivity (Wildman–Crippen MR) is 120 cm³/mol. The highest BCUT2D eigenvalue weighted by Gasteiger charge is 2.32. The lowest BCUT2D eigenvalue weighted by molar-refractivity contribution is -0.123. The number of allylic oxidation sites excluding steroid dienone is 1. The minimum atomic E-state index is -0.292. The van der Waals surface area contributed by atoms with Crippen molar-refractivity contribution < 1.29 is 23.9 Å². The Hall–Kier alpha value is -4.19. The van der Waals surface area contributed by atoms with E-state index in [9.17, 15) is 14.4 Å². The molecule has 4 rings (SSSR count). The molecule has 6 nitrogen and oxygen atoms in total. The van der Waals surface area contributed by atoms with Crippen LogP contribution in [0.5, 0.6) is 11.5 Å². The van der Waals surface area contributed by atoms with E-state index in [0.717, 1.165) is 5.56 Å². The van der Waals surface area contributed by atoms with Gasteiger partial charge in [0, 0.05) is 17.7 Å². The van der Waals surface area contributed by atoms with Crippen LogP contribution in [0.1, 0.15) is 31.8 Å². The Labute approximate surface area is 185 Å². The number of benzene rings is 3. The van der Waals surface area contributed by atoms with E-state index in [1.807, 2.05) is 30.3 Å². The second-order valence-corrected chi connectivity index (χ2v) is 7.22. The van der Waals surface area contributed by atoms with E-state index in [-0.39, 0.29) is 29.7 Å². The van der Waals surface area contributed by atoms with E-state index < -0.39 is 0 Å². The Morgan fingerprint density at radius 2 is 1.53 bits per heavy atom. The lowest BCUT2D eigenvalue weighted by Gasteiger charge is -2.12. The number of hydrogen-bond donors (Lipinski definition) is 1. The quantitative estimate of drug-likeness (QED) is 0.458. The molecule has 6 heteroatoms. The zero-order valence-electron chi connectivity index (χ0n) is 17.5. The molecule has 0 aliphatic heterocycles. The molecule has 0 radical (unpaired) electrons. The van der Waals surface area contributed by atoms with Gasteiger partial charge in [0.2, 0.25) is 0 Å². The van der Waals surface area contributed by atoms with Crippen LogP contribution in [0.4, 0.5) is 0 Å². The summed E-state index contributed by atoms with van der Waals surface area (Å²) in [6.45, 7) is 0.243. The molecule has 160 valence electrons. The number of ketones is 2. The summed E-state index contributed by atoms with van der Waals surface area (Å²) in [4.78, 5) is 37.3. The number of amides is 1. The molecule has 1 N–H and O–H groups in total. The van der Waals surface area contributed by atoms with E-state index in [2.05, 4.69) is 5.32 Å². The van der Waals surface area contributed by atoms with Gasteiger partial charge in [0.15, 0.2) is 29.7 Å². The van der Waals surface area contributed by atoms with Crippen molar-refractivity contribution in [3.63, 3.8) is 0 Å². The Kier molecular flexibility index (Phi) is 6.12. The highest BCUT2D eigenvalue weighted by Crippen LogP contribution is 2.31. The van der Waals surface area contributed by atoms with Gasteiger partial charge in [-0.1, -0.05) is 60.7 Å². The second kappa shape index (κ2) is 9.31. The molecule has 1 amide bonds. The molecule has 32 heavy (non-hydrogen) atoms. The first kappa shape index (κ1) is 21.1. The van der Waals surface area contributed by atoms with Crippen molar-refractivity contribution in [2.24, 2.45) is 0 Å². The number of rotatable bonds is 7. The van der Waals surface area contributed by atoms with Crippen molar-refractivity contribution in [3.8, 4) is 11.5 Å². The van der Waals surface area contributed by atoms with Gasteiger partial charge in [-0.3, -0.25) is 14.4 Å². The third-order valence-corrected chi connectivity index (χ3v) is 5.10. The van der Waals surface area contributed by atoms with Crippen LogP contribution >= 0.6 is 0 Å². The van der Waals surface area contributed by atoms with Crippen LogP contribution in [0.15, 0.2) is 78.4 Å².